The van der Waals surface area contributed by atoms with E-state index in [9.17, 15) is 13.2 Å². The van der Waals surface area contributed by atoms with Gasteiger partial charge < -0.3 is 4.74 Å². The summed E-state index contributed by atoms with van der Waals surface area (Å²) in [7, 11) is 2.96. The van der Waals surface area contributed by atoms with Crippen molar-refractivity contribution in [3.05, 3.63) is 46.8 Å². The first-order valence-corrected chi connectivity index (χ1v) is 8.32. The third-order valence-electron chi connectivity index (χ3n) is 2.43. The van der Waals surface area contributed by atoms with Gasteiger partial charge in [0.25, 0.3) is 9.05 Å². The van der Waals surface area contributed by atoms with Crippen molar-refractivity contribution in [3.63, 3.8) is 0 Å². The number of hydrogen-bond donors (Lipinski definition) is 0. The average Bonchev–Trinajstić information content (AvgIpc) is 2.87. The second-order valence-electron chi connectivity index (χ2n) is 3.65. The zero-order valence-electron chi connectivity index (χ0n) is 9.79. The maximum atomic E-state index is 12.1. The van der Waals surface area contributed by atoms with Crippen molar-refractivity contribution in [3.8, 4) is 5.75 Å². The van der Waals surface area contributed by atoms with Gasteiger partial charge in [-0.25, -0.2) is 8.42 Å². The number of rotatable bonds is 4. The van der Waals surface area contributed by atoms with Crippen LogP contribution >= 0.6 is 22.0 Å². The van der Waals surface area contributed by atoms with Crippen molar-refractivity contribution in [2.45, 2.75) is 4.21 Å². The molecule has 2 rings (SSSR count). The van der Waals surface area contributed by atoms with Crippen LogP contribution in [0, 0.1) is 0 Å². The molecule has 0 N–H and O–H groups in total. The molecule has 4 nitrogen and oxygen atoms in total. The lowest BCUT2D eigenvalue weighted by molar-refractivity contribution is 0.103. The Balaban J connectivity index is 2.31. The molecule has 0 bridgehead atoms. The quantitative estimate of drug-likeness (QED) is 0.643. The molecule has 0 radical (unpaired) electrons. The summed E-state index contributed by atoms with van der Waals surface area (Å²) in [5.74, 6) is 0.386. The van der Waals surface area contributed by atoms with Gasteiger partial charge in [0.1, 0.15) is 9.96 Å². The molecule has 1 heterocycles. The van der Waals surface area contributed by atoms with Gasteiger partial charge in [-0.2, -0.15) is 0 Å². The minimum atomic E-state index is -3.79. The van der Waals surface area contributed by atoms with E-state index >= 15 is 0 Å². The number of thiophene rings is 1. The Kier molecular flexibility index (Phi) is 3.93. The normalized spacial score (nSPS) is 11.3. The Labute approximate surface area is 119 Å². The molecule has 1 aromatic heterocycles. The fourth-order valence-electron chi connectivity index (χ4n) is 1.47. The topological polar surface area (TPSA) is 60.4 Å². The highest BCUT2D eigenvalue weighted by Gasteiger charge is 2.17. The van der Waals surface area contributed by atoms with Crippen LogP contribution in [0.2, 0.25) is 0 Å². The number of methoxy groups -OCH3 is 1. The number of halogens is 1. The molecule has 19 heavy (non-hydrogen) atoms. The van der Waals surface area contributed by atoms with Crippen molar-refractivity contribution in [1.29, 1.82) is 0 Å². The van der Waals surface area contributed by atoms with Gasteiger partial charge in [-0.15, -0.1) is 11.3 Å². The fourth-order valence-corrected chi connectivity index (χ4v) is 3.42. The lowest BCUT2D eigenvalue weighted by Gasteiger charge is -2.01. The van der Waals surface area contributed by atoms with Gasteiger partial charge in [0.2, 0.25) is 0 Å². The second-order valence-corrected chi connectivity index (χ2v) is 7.35. The van der Waals surface area contributed by atoms with Gasteiger partial charge in [-0.3, -0.25) is 4.79 Å². The molecule has 0 aliphatic rings. The summed E-state index contributed by atoms with van der Waals surface area (Å²) in [6, 6.07) is 7.85. The highest BCUT2D eigenvalue weighted by atomic mass is 35.7. The van der Waals surface area contributed by atoms with Gasteiger partial charge in [0.05, 0.1) is 7.11 Å². The molecule has 0 saturated carbocycles. The smallest absolute Gasteiger partial charge is 0.270 e. The second kappa shape index (κ2) is 5.32. The fraction of sp³-hybridized carbons (Fsp3) is 0.0833. The molecule has 1 aromatic carbocycles. The number of ketones is 1. The molecule has 0 unspecified atom stereocenters. The van der Waals surface area contributed by atoms with Crippen LogP contribution in [0.5, 0.6) is 5.75 Å². The van der Waals surface area contributed by atoms with E-state index in [0.717, 1.165) is 11.3 Å². The minimum absolute atomic E-state index is 0.0361. The molecule has 0 spiro atoms. The molecule has 100 valence electrons. The Morgan fingerprint density at radius 1 is 1.21 bits per heavy atom. The van der Waals surface area contributed by atoms with Crippen LogP contribution in [0.4, 0.5) is 0 Å². The molecule has 0 amide bonds. The lowest BCUT2D eigenvalue weighted by atomic mass is 10.1. The van der Waals surface area contributed by atoms with Gasteiger partial charge in [0.15, 0.2) is 5.78 Å². The number of carbonyl (C=O) groups is 1. The van der Waals surface area contributed by atoms with E-state index in [1.807, 2.05) is 0 Å². The SMILES string of the molecule is COc1ccc(C(=O)c2csc(S(=O)(=O)Cl)c2)cc1. The summed E-state index contributed by atoms with van der Waals surface area (Å²) in [5.41, 5.74) is 0.756. The summed E-state index contributed by atoms with van der Waals surface area (Å²) < 4.78 is 27.2. The monoisotopic (exact) mass is 316 g/mol. The number of carbonyl (C=O) groups excluding carboxylic acids is 1. The summed E-state index contributed by atoms with van der Waals surface area (Å²) in [4.78, 5) is 12.1. The number of benzene rings is 1. The standard InChI is InChI=1S/C12H9ClO4S2/c1-17-10-4-2-8(3-5-10)12(14)9-6-11(18-7-9)19(13,15)16/h2-7H,1H3. The molecule has 0 saturated heterocycles. The zero-order chi connectivity index (χ0) is 14.0. The van der Waals surface area contributed by atoms with E-state index < -0.39 is 9.05 Å². The first-order valence-electron chi connectivity index (χ1n) is 5.14. The molecule has 0 aliphatic heterocycles. The highest BCUT2D eigenvalue weighted by Crippen LogP contribution is 2.25. The zero-order valence-corrected chi connectivity index (χ0v) is 12.2. The first kappa shape index (κ1) is 14.0. The Morgan fingerprint density at radius 3 is 2.32 bits per heavy atom. The van der Waals surface area contributed by atoms with E-state index in [1.54, 1.807) is 24.3 Å². The molecule has 7 heteroatoms. The minimum Gasteiger partial charge on any atom is -0.497 e. The van der Waals surface area contributed by atoms with Crippen molar-refractivity contribution >= 4 is 36.9 Å². The summed E-state index contributed by atoms with van der Waals surface area (Å²) in [6.45, 7) is 0. The Morgan fingerprint density at radius 2 is 1.84 bits per heavy atom. The summed E-state index contributed by atoms with van der Waals surface area (Å²) in [5, 5.41) is 1.47. The molecule has 0 aliphatic carbocycles. The maximum absolute atomic E-state index is 12.1. The lowest BCUT2D eigenvalue weighted by Crippen LogP contribution is -1.99. The predicted octanol–water partition coefficient (Wildman–Crippen LogP) is 2.92. The molecule has 0 fully saturated rings. The molecular weight excluding hydrogens is 308 g/mol. The Hall–Kier alpha value is -1.37. The van der Waals surface area contributed by atoms with Gasteiger partial charge in [-0.05, 0) is 30.3 Å². The van der Waals surface area contributed by atoms with Crippen LogP contribution in [0.15, 0.2) is 39.9 Å². The molecular formula is C12H9ClO4S2. The largest absolute Gasteiger partial charge is 0.497 e. The van der Waals surface area contributed by atoms with Crippen molar-refractivity contribution in [2.75, 3.05) is 7.11 Å². The predicted molar refractivity (Wildman–Crippen MR) is 73.8 cm³/mol. The van der Waals surface area contributed by atoms with Crippen molar-refractivity contribution < 1.29 is 17.9 Å². The highest BCUT2D eigenvalue weighted by molar-refractivity contribution is 8.15. The van der Waals surface area contributed by atoms with E-state index in [1.165, 1.54) is 18.6 Å². The molecule has 2 aromatic rings. The van der Waals surface area contributed by atoms with E-state index in [2.05, 4.69) is 0 Å². The van der Waals surface area contributed by atoms with E-state index in [0.29, 0.717) is 16.9 Å². The summed E-state index contributed by atoms with van der Waals surface area (Å²) >= 11 is 0.922. The summed E-state index contributed by atoms with van der Waals surface area (Å²) in [6.07, 6.45) is 0. The van der Waals surface area contributed by atoms with Crippen molar-refractivity contribution in [2.24, 2.45) is 0 Å². The van der Waals surface area contributed by atoms with Crippen LogP contribution in [-0.2, 0) is 9.05 Å². The van der Waals surface area contributed by atoms with E-state index in [4.69, 9.17) is 15.4 Å². The number of hydrogen-bond acceptors (Lipinski definition) is 5. The van der Waals surface area contributed by atoms with Crippen LogP contribution in [-0.4, -0.2) is 21.3 Å². The van der Waals surface area contributed by atoms with Gasteiger partial charge in [0, 0.05) is 27.2 Å². The molecule has 0 atom stereocenters. The Bertz CT molecular complexity index is 702. The van der Waals surface area contributed by atoms with Crippen LogP contribution in [0.25, 0.3) is 0 Å². The first-order chi connectivity index (χ1) is 8.91. The number of ether oxygens (including phenoxy) is 1. The van der Waals surface area contributed by atoms with Gasteiger partial charge in [-0.1, -0.05) is 0 Å². The third kappa shape index (κ3) is 3.15. The van der Waals surface area contributed by atoms with Gasteiger partial charge >= 0.3 is 0 Å². The van der Waals surface area contributed by atoms with Crippen LogP contribution in [0.3, 0.4) is 0 Å². The van der Waals surface area contributed by atoms with Crippen LogP contribution in [0.1, 0.15) is 15.9 Å². The van der Waals surface area contributed by atoms with Crippen molar-refractivity contribution in [1.82, 2.24) is 0 Å². The van der Waals surface area contributed by atoms with Crippen LogP contribution < -0.4 is 4.74 Å². The average molecular weight is 317 g/mol. The van der Waals surface area contributed by atoms with E-state index in [-0.39, 0.29) is 9.99 Å². The maximum Gasteiger partial charge on any atom is 0.270 e. The third-order valence-corrected chi connectivity index (χ3v) is 5.47.